The van der Waals surface area contributed by atoms with Crippen molar-refractivity contribution >= 4 is 16.8 Å². The topological polar surface area (TPSA) is 62.6 Å². The van der Waals surface area contributed by atoms with Crippen molar-refractivity contribution < 1.29 is 9.53 Å². The van der Waals surface area contributed by atoms with Gasteiger partial charge in [-0.3, -0.25) is 19.6 Å². The van der Waals surface area contributed by atoms with Crippen molar-refractivity contribution in [3.63, 3.8) is 0 Å². The molecule has 7 nitrogen and oxygen atoms in total. The molecule has 4 aromatic rings. The molecular weight excluding hydrogens is 474 g/mol. The monoisotopic (exact) mass is 511 g/mol. The number of pyridine rings is 1. The lowest BCUT2D eigenvalue weighted by Crippen LogP contribution is -2.35. The molecule has 1 fully saturated rings. The molecule has 1 aliphatic heterocycles. The Morgan fingerprint density at radius 2 is 1.82 bits per heavy atom. The van der Waals surface area contributed by atoms with E-state index in [2.05, 4.69) is 86.4 Å². The van der Waals surface area contributed by atoms with Crippen LogP contribution in [0, 0.1) is 0 Å². The quantitative estimate of drug-likeness (QED) is 0.412. The normalized spacial score (nSPS) is 18.2. The zero-order valence-electron chi connectivity index (χ0n) is 22.3. The molecule has 1 saturated heterocycles. The molecule has 0 bridgehead atoms. The SMILES string of the molecule is COc1ccc2c(c1)c(CN1CCCN(Cc3ccncc3)C(c3ccccc3)CC(=O)NCC1)cn2C. The number of aromatic nitrogens is 2. The Morgan fingerprint density at radius 3 is 2.61 bits per heavy atom. The molecule has 198 valence electrons. The van der Waals surface area contributed by atoms with Gasteiger partial charge >= 0.3 is 0 Å². The maximum Gasteiger partial charge on any atom is 0.221 e. The first kappa shape index (κ1) is 25.9. The molecule has 5 rings (SSSR count). The van der Waals surface area contributed by atoms with E-state index in [1.54, 1.807) is 7.11 Å². The lowest BCUT2D eigenvalue weighted by Gasteiger charge is -2.32. The van der Waals surface area contributed by atoms with E-state index in [1.165, 1.54) is 27.6 Å². The van der Waals surface area contributed by atoms with E-state index in [0.29, 0.717) is 13.0 Å². The van der Waals surface area contributed by atoms with Gasteiger partial charge < -0.3 is 14.6 Å². The summed E-state index contributed by atoms with van der Waals surface area (Å²) in [5.74, 6) is 0.962. The van der Waals surface area contributed by atoms with Crippen LogP contribution in [0.25, 0.3) is 10.9 Å². The molecule has 2 aromatic carbocycles. The minimum absolute atomic E-state index is 0.0152. The standard InChI is InChI=1S/C31H37N5O2/c1-34-22-26(28-19-27(38-2)9-10-29(28)34)23-35-16-6-17-36(21-24-11-13-32-14-12-24)30(20-31(37)33-15-18-35)25-7-4-3-5-8-25/h3-5,7-14,19,22,30H,6,15-18,20-21,23H2,1-2H3,(H,33,37). The van der Waals surface area contributed by atoms with Crippen LogP contribution >= 0.6 is 0 Å². The predicted molar refractivity (Wildman–Crippen MR) is 151 cm³/mol. The Bertz CT molecular complexity index is 1340. The van der Waals surface area contributed by atoms with Crippen LogP contribution in [0.5, 0.6) is 5.75 Å². The minimum Gasteiger partial charge on any atom is -0.497 e. The van der Waals surface area contributed by atoms with Gasteiger partial charge in [0.1, 0.15) is 5.75 Å². The highest BCUT2D eigenvalue weighted by molar-refractivity contribution is 5.85. The summed E-state index contributed by atoms with van der Waals surface area (Å²) in [6, 6.07) is 20.8. The van der Waals surface area contributed by atoms with Crippen LogP contribution in [0.2, 0.25) is 0 Å². The third-order valence-electron chi connectivity index (χ3n) is 7.48. The van der Waals surface area contributed by atoms with Gasteiger partial charge in [-0.2, -0.15) is 0 Å². The van der Waals surface area contributed by atoms with E-state index < -0.39 is 0 Å². The van der Waals surface area contributed by atoms with Crippen molar-refractivity contribution in [2.45, 2.75) is 32.0 Å². The summed E-state index contributed by atoms with van der Waals surface area (Å²) < 4.78 is 7.68. The zero-order chi connectivity index (χ0) is 26.3. The number of carbonyl (C=O) groups is 1. The largest absolute Gasteiger partial charge is 0.497 e. The number of nitrogens with one attached hydrogen (secondary N) is 1. The molecule has 1 aliphatic rings. The average molecular weight is 512 g/mol. The van der Waals surface area contributed by atoms with Crippen molar-refractivity contribution in [2.75, 3.05) is 33.3 Å². The molecule has 0 radical (unpaired) electrons. The first-order chi connectivity index (χ1) is 18.6. The Hall–Kier alpha value is -3.68. The number of aryl methyl sites for hydroxylation is 1. The zero-order valence-corrected chi connectivity index (χ0v) is 22.3. The fraction of sp³-hybridized carbons (Fsp3) is 0.355. The fourth-order valence-electron chi connectivity index (χ4n) is 5.52. The van der Waals surface area contributed by atoms with E-state index in [9.17, 15) is 4.79 Å². The minimum atomic E-state index is 0.0152. The first-order valence-corrected chi connectivity index (χ1v) is 13.4. The van der Waals surface area contributed by atoms with Gasteiger partial charge in [-0.25, -0.2) is 0 Å². The summed E-state index contributed by atoms with van der Waals surface area (Å²) in [5, 5.41) is 4.41. The second-order valence-corrected chi connectivity index (χ2v) is 10.1. The molecule has 1 atom stereocenters. The molecular formula is C31H37N5O2. The molecule has 1 unspecified atom stereocenters. The highest BCUT2D eigenvalue weighted by atomic mass is 16.5. The van der Waals surface area contributed by atoms with Gasteiger partial charge in [0.25, 0.3) is 0 Å². The molecule has 0 saturated carbocycles. The molecule has 1 amide bonds. The number of nitrogens with zero attached hydrogens (tertiary/aromatic N) is 4. The number of carbonyl (C=O) groups excluding carboxylic acids is 1. The number of methoxy groups -OCH3 is 1. The first-order valence-electron chi connectivity index (χ1n) is 13.4. The Balaban J connectivity index is 1.38. The number of hydrogen-bond donors (Lipinski definition) is 1. The van der Waals surface area contributed by atoms with Gasteiger partial charge in [0, 0.05) is 81.7 Å². The lowest BCUT2D eigenvalue weighted by molar-refractivity contribution is -0.122. The van der Waals surface area contributed by atoms with Gasteiger partial charge in [0.05, 0.1) is 7.11 Å². The highest BCUT2D eigenvalue weighted by Gasteiger charge is 2.25. The van der Waals surface area contributed by atoms with Crippen LogP contribution < -0.4 is 10.1 Å². The molecule has 38 heavy (non-hydrogen) atoms. The van der Waals surface area contributed by atoms with Crippen molar-refractivity contribution in [3.8, 4) is 5.75 Å². The second-order valence-electron chi connectivity index (χ2n) is 10.1. The third kappa shape index (κ3) is 6.23. The number of hydrogen-bond acceptors (Lipinski definition) is 5. The number of fused-ring (bicyclic) bond motifs is 1. The lowest BCUT2D eigenvalue weighted by atomic mass is 10.00. The highest BCUT2D eigenvalue weighted by Crippen LogP contribution is 2.28. The van der Waals surface area contributed by atoms with Crippen LogP contribution in [0.15, 0.2) is 79.3 Å². The molecule has 3 heterocycles. The summed E-state index contributed by atoms with van der Waals surface area (Å²) in [6.07, 6.45) is 7.35. The summed E-state index contributed by atoms with van der Waals surface area (Å²) in [5.41, 5.74) is 4.86. The Labute approximate surface area is 225 Å². The van der Waals surface area contributed by atoms with Crippen LogP contribution in [-0.2, 0) is 24.9 Å². The van der Waals surface area contributed by atoms with Crippen molar-refractivity contribution in [1.82, 2.24) is 24.7 Å². The van der Waals surface area contributed by atoms with E-state index in [1.807, 2.05) is 24.5 Å². The number of ether oxygens (including phenoxy) is 1. The predicted octanol–water partition coefficient (Wildman–Crippen LogP) is 4.54. The van der Waals surface area contributed by atoms with Crippen LogP contribution in [0.3, 0.4) is 0 Å². The van der Waals surface area contributed by atoms with E-state index in [0.717, 1.165) is 44.9 Å². The molecule has 7 heteroatoms. The van der Waals surface area contributed by atoms with Crippen LogP contribution in [0.1, 0.15) is 35.6 Å². The number of amides is 1. The van der Waals surface area contributed by atoms with Crippen LogP contribution in [0.4, 0.5) is 0 Å². The fourth-order valence-corrected chi connectivity index (χ4v) is 5.52. The summed E-state index contributed by atoms with van der Waals surface area (Å²) in [4.78, 5) is 22.2. The average Bonchev–Trinajstić information content (AvgIpc) is 3.24. The molecule has 0 aliphatic carbocycles. The number of benzene rings is 2. The van der Waals surface area contributed by atoms with Gasteiger partial charge in [-0.05, 0) is 60.0 Å². The van der Waals surface area contributed by atoms with Crippen LogP contribution in [-0.4, -0.2) is 58.5 Å². The molecule has 2 aromatic heterocycles. The van der Waals surface area contributed by atoms with Crippen molar-refractivity contribution in [1.29, 1.82) is 0 Å². The third-order valence-corrected chi connectivity index (χ3v) is 7.48. The van der Waals surface area contributed by atoms with Gasteiger partial charge in [-0.15, -0.1) is 0 Å². The maximum absolute atomic E-state index is 13.1. The summed E-state index contributed by atoms with van der Waals surface area (Å²) in [6.45, 7) is 4.90. The summed E-state index contributed by atoms with van der Waals surface area (Å²) >= 11 is 0. The molecule has 0 spiro atoms. The van der Waals surface area contributed by atoms with E-state index in [4.69, 9.17) is 4.74 Å². The van der Waals surface area contributed by atoms with Gasteiger partial charge in [0.15, 0.2) is 0 Å². The smallest absolute Gasteiger partial charge is 0.221 e. The Kier molecular flexibility index (Phi) is 8.36. The number of rotatable bonds is 6. The molecule has 1 N–H and O–H groups in total. The van der Waals surface area contributed by atoms with Crippen molar-refractivity contribution in [3.05, 3.63) is 95.9 Å². The van der Waals surface area contributed by atoms with Crippen molar-refractivity contribution in [2.24, 2.45) is 7.05 Å². The maximum atomic E-state index is 13.1. The van der Waals surface area contributed by atoms with Gasteiger partial charge in [0.2, 0.25) is 5.91 Å². The van der Waals surface area contributed by atoms with Gasteiger partial charge in [-0.1, -0.05) is 30.3 Å². The Morgan fingerprint density at radius 1 is 1.00 bits per heavy atom. The van der Waals surface area contributed by atoms with E-state index >= 15 is 0 Å². The summed E-state index contributed by atoms with van der Waals surface area (Å²) in [7, 11) is 3.80. The second kappa shape index (κ2) is 12.2. The van der Waals surface area contributed by atoms with E-state index in [-0.39, 0.29) is 11.9 Å².